The molecule has 5 heteroatoms. The fourth-order valence-corrected chi connectivity index (χ4v) is 4.23. The molecule has 3 nitrogen and oxygen atoms in total. The summed E-state index contributed by atoms with van der Waals surface area (Å²) >= 11 is 1.79. The number of thioether (sulfide) groups is 1. The van der Waals surface area contributed by atoms with E-state index in [1.165, 1.54) is 0 Å². The zero-order valence-corrected chi connectivity index (χ0v) is 17.6. The molecule has 2 aromatic rings. The van der Waals surface area contributed by atoms with E-state index >= 15 is 0 Å². The van der Waals surface area contributed by atoms with Crippen molar-refractivity contribution in [3.63, 3.8) is 0 Å². The molecule has 1 aromatic carbocycles. The molecule has 0 fully saturated rings. The molecule has 0 saturated carbocycles. The second kappa shape index (κ2) is 9.37. The van der Waals surface area contributed by atoms with Gasteiger partial charge >= 0.3 is 0 Å². The Balaban J connectivity index is 1.73. The topological polar surface area (TPSA) is 37.3 Å². The Labute approximate surface area is 171 Å². The van der Waals surface area contributed by atoms with Gasteiger partial charge in [0.2, 0.25) is 0 Å². The molecular formula is C23H28FN3S. The lowest BCUT2D eigenvalue weighted by atomic mass is 9.96. The molecule has 0 aliphatic carbocycles. The molecule has 1 aliphatic rings. The van der Waals surface area contributed by atoms with Crippen molar-refractivity contribution in [2.45, 2.75) is 38.0 Å². The van der Waals surface area contributed by atoms with Gasteiger partial charge in [-0.05, 0) is 66.5 Å². The number of aliphatic imine (C=N–C) groups is 1. The van der Waals surface area contributed by atoms with Gasteiger partial charge in [0, 0.05) is 29.7 Å². The third kappa shape index (κ3) is 4.82. The monoisotopic (exact) mass is 397 g/mol. The number of hydrogen-bond donors (Lipinski definition) is 1. The number of pyridine rings is 1. The standard InChI is InChI=1S/C23H28FN3S/c1-5-25-23(28-4)11-16-10-22(27-14-16)18-6-7-19(20(24)12-18)17-8-9-26-21(13-17)15(2)3/h5-9,12-13,15-16,23,25H,1,10-11,14H2,2-4H3. The Hall–Kier alpha value is -2.14. The molecule has 0 amide bonds. The molecule has 28 heavy (non-hydrogen) atoms. The first-order chi connectivity index (χ1) is 13.5. The van der Waals surface area contributed by atoms with Crippen LogP contribution in [0.4, 0.5) is 4.39 Å². The maximum atomic E-state index is 14.9. The molecule has 0 spiro atoms. The fraction of sp³-hybridized carbons (Fsp3) is 0.391. The van der Waals surface area contributed by atoms with Crippen LogP contribution < -0.4 is 5.32 Å². The van der Waals surface area contributed by atoms with Crippen molar-refractivity contribution in [3.8, 4) is 11.1 Å². The lowest BCUT2D eigenvalue weighted by Gasteiger charge is -2.18. The van der Waals surface area contributed by atoms with Crippen LogP contribution in [0.15, 0.2) is 54.3 Å². The Morgan fingerprint density at radius 2 is 2.11 bits per heavy atom. The first-order valence-electron chi connectivity index (χ1n) is 9.71. The quantitative estimate of drug-likeness (QED) is 0.586. The van der Waals surface area contributed by atoms with Crippen LogP contribution in [-0.2, 0) is 0 Å². The summed E-state index contributed by atoms with van der Waals surface area (Å²) < 4.78 is 14.9. The van der Waals surface area contributed by atoms with Gasteiger partial charge in [0.15, 0.2) is 0 Å². The van der Waals surface area contributed by atoms with E-state index in [0.29, 0.717) is 22.8 Å². The van der Waals surface area contributed by atoms with E-state index in [0.717, 1.165) is 41.9 Å². The van der Waals surface area contributed by atoms with Gasteiger partial charge in [-0.15, -0.1) is 11.8 Å². The summed E-state index contributed by atoms with van der Waals surface area (Å²) in [5, 5.41) is 3.62. The Kier molecular flexibility index (Phi) is 6.89. The van der Waals surface area contributed by atoms with Gasteiger partial charge < -0.3 is 5.32 Å². The Morgan fingerprint density at radius 3 is 2.79 bits per heavy atom. The van der Waals surface area contributed by atoms with Gasteiger partial charge in [-0.25, -0.2) is 4.39 Å². The van der Waals surface area contributed by atoms with E-state index in [4.69, 9.17) is 4.99 Å². The zero-order chi connectivity index (χ0) is 20.1. The van der Waals surface area contributed by atoms with Crippen molar-refractivity contribution < 1.29 is 4.39 Å². The molecule has 2 heterocycles. The van der Waals surface area contributed by atoms with Gasteiger partial charge in [-0.2, -0.15) is 0 Å². The lowest BCUT2D eigenvalue weighted by molar-refractivity contribution is 0.511. The first kappa shape index (κ1) is 20.6. The summed E-state index contributed by atoms with van der Waals surface area (Å²) in [5.74, 6) is 0.587. The van der Waals surface area contributed by atoms with Crippen molar-refractivity contribution in [2.24, 2.45) is 10.9 Å². The third-order valence-corrected chi connectivity index (χ3v) is 6.04. The maximum Gasteiger partial charge on any atom is 0.131 e. The zero-order valence-electron chi connectivity index (χ0n) is 16.8. The maximum absolute atomic E-state index is 14.9. The highest BCUT2D eigenvalue weighted by Crippen LogP contribution is 2.29. The highest BCUT2D eigenvalue weighted by atomic mass is 32.2. The number of benzene rings is 1. The predicted molar refractivity (Wildman–Crippen MR) is 118 cm³/mol. The minimum atomic E-state index is -0.208. The molecule has 3 rings (SSSR count). The SMILES string of the molecule is C=CNC(CC1CN=C(c2ccc(-c3ccnc(C(C)C)c3)c(F)c2)C1)SC. The average Bonchev–Trinajstić information content (AvgIpc) is 3.16. The largest absolute Gasteiger partial charge is 0.380 e. The Morgan fingerprint density at radius 1 is 1.29 bits per heavy atom. The van der Waals surface area contributed by atoms with Crippen LogP contribution in [0.25, 0.3) is 11.1 Å². The minimum absolute atomic E-state index is 0.208. The highest BCUT2D eigenvalue weighted by Gasteiger charge is 2.23. The summed E-state index contributed by atoms with van der Waals surface area (Å²) in [6, 6.07) is 9.32. The van der Waals surface area contributed by atoms with Crippen LogP contribution in [0.1, 0.15) is 43.9 Å². The van der Waals surface area contributed by atoms with Crippen LogP contribution in [0.2, 0.25) is 0 Å². The summed E-state index contributed by atoms with van der Waals surface area (Å²) in [6.45, 7) is 8.73. The molecule has 1 N–H and O–H groups in total. The molecule has 2 atom stereocenters. The van der Waals surface area contributed by atoms with Crippen molar-refractivity contribution >= 4 is 17.5 Å². The Bertz CT molecular complexity index is 863. The second-order valence-corrected chi connectivity index (χ2v) is 8.55. The first-order valence-corrected chi connectivity index (χ1v) is 11.0. The number of halogens is 1. The summed E-state index contributed by atoms with van der Waals surface area (Å²) in [7, 11) is 0. The van der Waals surface area contributed by atoms with Crippen LogP contribution in [-0.4, -0.2) is 28.9 Å². The van der Waals surface area contributed by atoms with Gasteiger partial charge in [0.1, 0.15) is 5.82 Å². The van der Waals surface area contributed by atoms with Crippen molar-refractivity contribution in [1.82, 2.24) is 10.3 Å². The summed E-state index contributed by atoms with van der Waals surface area (Å²) in [4.78, 5) is 9.06. The normalized spacial score (nSPS) is 17.5. The van der Waals surface area contributed by atoms with Gasteiger partial charge in [-0.1, -0.05) is 32.6 Å². The third-order valence-electron chi connectivity index (χ3n) is 5.14. The predicted octanol–water partition coefficient (Wildman–Crippen LogP) is 5.63. The minimum Gasteiger partial charge on any atom is -0.380 e. The summed E-state index contributed by atoms with van der Waals surface area (Å²) in [5.41, 5.74) is 4.35. The van der Waals surface area contributed by atoms with Gasteiger partial charge in [0.05, 0.1) is 5.37 Å². The number of nitrogens with one attached hydrogen (secondary N) is 1. The number of hydrogen-bond acceptors (Lipinski definition) is 4. The van der Waals surface area contributed by atoms with Crippen LogP contribution in [0.3, 0.4) is 0 Å². The highest BCUT2D eigenvalue weighted by molar-refractivity contribution is 7.99. The van der Waals surface area contributed by atoms with Crippen LogP contribution in [0, 0.1) is 11.7 Å². The van der Waals surface area contributed by atoms with Gasteiger partial charge in [0.25, 0.3) is 0 Å². The van der Waals surface area contributed by atoms with Gasteiger partial charge in [-0.3, -0.25) is 9.98 Å². The van der Waals surface area contributed by atoms with E-state index in [1.54, 1.807) is 30.2 Å². The molecule has 0 radical (unpaired) electrons. The van der Waals surface area contributed by atoms with Crippen molar-refractivity contribution in [2.75, 3.05) is 12.8 Å². The number of aromatic nitrogens is 1. The smallest absolute Gasteiger partial charge is 0.131 e. The van der Waals surface area contributed by atoms with E-state index < -0.39 is 0 Å². The van der Waals surface area contributed by atoms with E-state index in [2.05, 4.69) is 37.0 Å². The molecule has 1 aliphatic heterocycles. The van der Waals surface area contributed by atoms with Crippen molar-refractivity contribution in [1.29, 1.82) is 0 Å². The van der Waals surface area contributed by atoms with Crippen molar-refractivity contribution in [3.05, 3.63) is 66.4 Å². The number of rotatable bonds is 8. The molecule has 148 valence electrons. The lowest BCUT2D eigenvalue weighted by Crippen LogP contribution is -2.23. The van der Waals surface area contributed by atoms with E-state index in [1.807, 2.05) is 24.3 Å². The molecule has 0 saturated heterocycles. The fourth-order valence-electron chi connectivity index (χ4n) is 3.54. The molecule has 1 aromatic heterocycles. The summed E-state index contributed by atoms with van der Waals surface area (Å²) in [6.07, 6.45) is 7.51. The van der Waals surface area contributed by atoms with Crippen LogP contribution in [0.5, 0.6) is 0 Å². The van der Waals surface area contributed by atoms with E-state index in [9.17, 15) is 4.39 Å². The molecular weight excluding hydrogens is 369 g/mol. The molecule has 2 unspecified atom stereocenters. The number of nitrogens with zero attached hydrogens (tertiary/aromatic N) is 2. The second-order valence-electron chi connectivity index (χ2n) is 7.51. The molecule has 0 bridgehead atoms. The van der Waals surface area contributed by atoms with E-state index in [-0.39, 0.29) is 5.82 Å². The van der Waals surface area contributed by atoms with Crippen LogP contribution >= 0.6 is 11.8 Å². The average molecular weight is 398 g/mol.